The van der Waals surface area contributed by atoms with Crippen LogP contribution < -0.4 is 10.2 Å². The van der Waals surface area contributed by atoms with Gasteiger partial charge in [0.1, 0.15) is 11.5 Å². The van der Waals surface area contributed by atoms with Gasteiger partial charge in [-0.3, -0.25) is 4.40 Å². The lowest BCUT2D eigenvalue weighted by molar-refractivity contribution is 0.0989. The molecule has 1 aliphatic heterocycles. The molecule has 1 N–H and O–H groups in total. The molecule has 1 unspecified atom stereocenters. The summed E-state index contributed by atoms with van der Waals surface area (Å²) in [4.78, 5) is 12.4. The number of imidazole rings is 1. The van der Waals surface area contributed by atoms with Crippen molar-refractivity contribution in [3.63, 3.8) is 0 Å². The predicted octanol–water partition coefficient (Wildman–Crippen LogP) is 3.70. The summed E-state index contributed by atoms with van der Waals surface area (Å²) in [7, 11) is 1.73. The van der Waals surface area contributed by atoms with Crippen molar-refractivity contribution in [1.82, 2.24) is 29.1 Å². The molecule has 0 bridgehead atoms. The first-order chi connectivity index (χ1) is 16.9. The number of nitrogens with zero attached hydrogens (tertiary/aromatic N) is 7. The quantitative estimate of drug-likeness (QED) is 0.430. The van der Waals surface area contributed by atoms with Crippen molar-refractivity contribution in [3.8, 4) is 11.5 Å². The van der Waals surface area contributed by atoms with E-state index in [0.29, 0.717) is 24.1 Å². The Hall–Kier alpha value is -3.24. The van der Waals surface area contributed by atoms with Gasteiger partial charge in [0.2, 0.25) is 5.65 Å². The molecule has 1 fully saturated rings. The van der Waals surface area contributed by atoms with Crippen LogP contribution in [-0.4, -0.2) is 74.7 Å². The van der Waals surface area contributed by atoms with Crippen molar-refractivity contribution in [2.45, 2.75) is 52.7 Å². The predicted molar refractivity (Wildman–Crippen MR) is 137 cm³/mol. The van der Waals surface area contributed by atoms with Crippen LogP contribution in [0.4, 0.5) is 11.5 Å². The third kappa shape index (κ3) is 4.32. The fourth-order valence-corrected chi connectivity index (χ4v) is 4.80. The van der Waals surface area contributed by atoms with Crippen LogP contribution in [0.15, 0.2) is 24.4 Å². The van der Waals surface area contributed by atoms with Gasteiger partial charge in [0.25, 0.3) is 0 Å². The van der Waals surface area contributed by atoms with Gasteiger partial charge in [0.05, 0.1) is 36.9 Å². The number of benzene rings is 1. The number of nitrogens with one attached hydrogen (secondary N) is 1. The van der Waals surface area contributed by atoms with E-state index < -0.39 is 0 Å². The van der Waals surface area contributed by atoms with Crippen LogP contribution in [-0.2, 0) is 9.47 Å². The molecule has 0 spiro atoms. The average molecular weight is 479 g/mol. The second-order valence-corrected chi connectivity index (χ2v) is 9.61. The number of hydrogen-bond donors (Lipinski definition) is 1. The van der Waals surface area contributed by atoms with E-state index in [0.717, 1.165) is 48.1 Å². The molecule has 0 saturated carbocycles. The molecule has 1 saturated heterocycles. The minimum atomic E-state index is 0.0541. The van der Waals surface area contributed by atoms with E-state index in [4.69, 9.17) is 19.4 Å². The number of fused-ring (bicyclic) bond motifs is 2. The largest absolute Gasteiger partial charge is 0.383 e. The first-order valence-electron chi connectivity index (χ1n) is 12.2. The third-order valence-corrected chi connectivity index (χ3v) is 6.44. The minimum absolute atomic E-state index is 0.0541. The maximum absolute atomic E-state index is 5.65. The van der Waals surface area contributed by atoms with Crippen molar-refractivity contribution in [1.29, 1.82) is 0 Å². The fourth-order valence-electron chi connectivity index (χ4n) is 4.80. The van der Waals surface area contributed by atoms with E-state index in [1.54, 1.807) is 7.11 Å². The molecule has 4 heterocycles. The molecule has 0 radical (unpaired) electrons. The number of aryl methyl sites for hydroxylation is 1. The van der Waals surface area contributed by atoms with Gasteiger partial charge in [-0.05, 0) is 52.8 Å². The molecule has 10 nitrogen and oxygen atoms in total. The SMILES string of the molecule is COCC(C)n1c(-c2cn3c(C)nnc3c(NC(C)C)n2)nc2ccc(N3CCOC[C@@H]3C)cc21. The number of anilines is 2. The summed E-state index contributed by atoms with van der Waals surface area (Å²) >= 11 is 0. The van der Waals surface area contributed by atoms with Crippen molar-refractivity contribution in [2.24, 2.45) is 0 Å². The molecular formula is C25H34N8O2. The molecule has 1 aliphatic rings. The van der Waals surface area contributed by atoms with E-state index in [2.05, 4.69) is 70.9 Å². The highest BCUT2D eigenvalue weighted by atomic mass is 16.5. The standard InChI is InChI=1S/C25H34N8O2/c1-15(2)26-23-25-30-29-18(5)32(25)12-21(27-23)24-28-20-8-7-19(31-9-10-35-14-16(31)3)11-22(20)33(24)17(4)13-34-6/h7-8,11-12,15-17H,9-10,13-14H2,1-6H3,(H,26,27)/t16-,17?/m0/s1. The Morgan fingerprint density at radius 2 is 2.03 bits per heavy atom. The normalized spacial score (nSPS) is 17.6. The highest BCUT2D eigenvalue weighted by Crippen LogP contribution is 2.32. The molecule has 2 atom stereocenters. The molecule has 0 aliphatic carbocycles. The van der Waals surface area contributed by atoms with E-state index in [9.17, 15) is 0 Å². The Kier molecular flexibility index (Phi) is 6.33. The summed E-state index contributed by atoms with van der Waals surface area (Å²) in [5.41, 5.74) is 4.61. The zero-order valence-corrected chi connectivity index (χ0v) is 21.3. The molecule has 0 amide bonds. The molecule has 186 valence electrons. The van der Waals surface area contributed by atoms with Crippen LogP contribution in [0.5, 0.6) is 0 Å². The van der Waals surface area contributed by atoms with Crippen LogP contribution in [0.2, 0.25) is 0 Å². The van der Waals surface area contributed by atoms with Gasteiger partial charge in [-0.1, -0.05) is 0 Å². The van der Waals surface area contributed by atoms with Crippen molar-refractivity contribution in [2.75, 3.05) is 43.7 Å². The number of methoxy groups -OCH3 is 1. The molecule has 5 rings (SSSR count). The zero-order chi connectivity index (χ0) is 24.7. The minimum Gasteiger partial charge on any atom is -0.383 e. The topological polar surface area (TPSA) is 94.6 Å². The van der Waals surface area contributed by atoms with Crippen LogP contribution >= 0.6 is 0 Å². The van der Waals surface area contributed by atoms with Gasteiger partial charge < -0.3 is 24.3 Å². The smallest absolute Gasteiger partial charge is 0.203 e. The zero-order valence-electron chi connectivity index (χ0n) is 21.3. The van der Waals surface area contributed by atoms with E-state index in [1.165, 1.54) is 5.69 Å². The lowest BCUT2D eigenvalue weighted by Crippen LogP contribution is -2.43. The Morgan fingerprint density at radius 1 is 1.20 bits per heavy atom. The number of rotatable bonds is 7. The van der Waals surface area contributed by atoms with Crippen LogP contribution in [0.25, 0.3) is 28.2 Å². The Morgan fingerprint density at radius 3 is 2.77 bits per heavy atom. The molecule has 4 aromatic rings. The highest BCUT2D eigenvalue weighted by molar-refractivity contribution is 5.84. The Bertz CT molecular complexity index is 1340. The summed E-state index contributed by atoms with van der Waals surface area (Å²) < 4.78 is 15.4. The first kappa shape index (κ1) is 23.5. The van der Waals surface area contributed by atoms with E-state index >= 15 is 0 Å². The number of morpholine rings is 1. The Balaban J connectivity index is 1.70. The van der Waals surface area contributed by atoms with Crippen LogP contribution in [0.3, 0.4) is 0 Å². The molecule has 1 aromatic carbocycles. The van der Waals surface area contributed by atoms with Crippen molar-refractivity contribution in [3.05, 3.63) is 30.2 Å². The highest BCUT2D eigenvalue weighted by Gasteiger charge is 2.24. The van der Waals surface area contributed by atoms with Gasteiger partial charge in [-0.2, -0.15) is 0 Å². The average Bonchev–Trinajstić information content (AvgIpc) is 3.39. The van der Waals surface area contributed by atoms with Gasteiger partial charge in [-0.25, -0.2) is 9.97 Å². The lowest BCUT2D eigenvalue weighted by atomic mass is 10.2. The second-order valence-electron chi connectivity index (χ2n) is 9.61. The van der Waals surface area contributed by atoms with E-state index in [-0.39, 0.29) is 12.1 Å². The van der Waals surface area contributed by atoms with Crippen molar-refractivity contribution >= 4 is 28.2 Å². The summed E-state index contributed by atoms with van der Waals surface area (Å²) in [6, 6.07) is 7.05. The lowest BCUT2D eigenvalue weighted by Gasteiger charge is -2.35. The molecule has 10 heteroatoms. The molecular weight excluding hydrogens is 444 g/mol. The number of aromatic nitrogens is 6. The van der Waals surface area contributed by atoms with Crippen LogP contribution in [0.1, 0.15) is 39.6 Å². The fraction of sp³-hybridized carbons (Fsp3) is 0.520. The van der Waals surface area contributed by atoms with E-state index in [1.807, 2.05) is 17.5 Å². The van der Waals surface area contributed by atoms with Gasteiger partial charge in [-0.15, -0.1) is 10.2 Å². The number of ether oxygens (including phenoxy) is 2. The molecule has 3 aromatic heterocycles. The van der Waals surface area contributed by atoms with Crippen LogP contribution in [0, 0.1) is 6.92 Å². The molecule has 35 heavy (non-hydrogen) atoms. The van der Waals surface area contributed by atoms with Crippen molar-refractivity contribution < 1.29 is 9.47 Å². The van der Waals surface area contributed by atoms with Gasteiger partial charge in [0.15, 0.2) is 11.6 Å². The number of hydrogen-bond acceptors (Lipinski definition) is 8. The van der Waals surface area contributed by atoms with Gasteiger partial charge in [0, 0.05) is 37.6 Å². The van der Waals surface area contributed by atoms with Gasteiger partial charge >= 0.3 is 0 Å². The summed E-state index contributed by atoms with van der Waals surface area (Å²) in [5, 5.41) is 12.0. The monoisotopic (exact) mass is 478 g/mol. The third-order valence-electron chi connectivity index (χ3n) is 6.44. The summed E-state index contributed by atoms with van der Waals surface area (Å²) in [6.45, 7) is 13.3. The maximum Gasteiger partial charge on any atom is 0.203 e. The summed E-state index contributed by atoms with van der Waals surface area (Å²) in [5.74, 6) is 2.28. The Labute approximate surface area is 205 Å². The summed E-state index contributed by atoms with van der Waals surface area (Å²) in [6.07, 6.45) is 1.97. The second kappa shape index (κ2) is 9.43. The maximum atomic E-state index is 5.65. The first-order valence-corrected chi connectivity index (χ1v) is 12.2.